The summed E-state index contributed by atoms with van der Waals surface area (Å²) in [5.41, 5.74) is 0. The van der Waals surface area contributed by atoms with E-state index in [0.717, 1.165) is 5.92 Å². The molecule has 0 aliphatic carbocycles. The van der Waals surface area contributed by atoms with Gasteiger partial charge in [0.15, 0.2) is 0 Å². The van der Waals surface area contributed by atoms with Gasteiger partial charge in [0.05, 0.1) is 0 Å². The predicted octanol–water partition coefficient (Wildman–Crippen LogP) is 2.25. The van der Waals surface area contributed by atoms with Crippen molar-refractivity contribution in [3.05, 3.63) is 0 Å². The first-order valence-electron chi connectivity index (χ1n) is 6.88. The third-order valence-electron chi connectivity index (χ3n) is 3.99. The molecule has 2 nitrogen and oxygen atoms in total. The molecule has 2 heteroatoms. The van der Waals surface area contributed by atoms with Crippen LogP contribution in [-0.4, -0.2) is 37.6 Å². The molecule has 0 aromatic heterocycles. The fourth-order valence-corrected chi connectivity index (χ4v) is 2.96. The number of likely N-dealkylation sites (tertiary alicyclic amines) is 1. The molecule has 2 saturated heterocycles. The second-order valence-corrected chi connectivity index (χ2v) is 5.24. The Morgan fingerprint density at radius 3 is 2.47 bits per heavy atom. The van der Waals surface area contributed by atoms with Crippen molar-refractivity contribution in [3.63, 3.8) is 0 Å². The Labute approximate surface area is 94.4 Å². The first-order chi connectivity index (χ1) is 7.45. The Kier molecular flexibility index (Phi) is 4.94. The van der Waals surface area contributed by atoms with Crippen LogP contribution < -0.4 is 5.32 Å². The van der Waals surface area contributed by atoms with E-state index >= 15 is 0 Å². The normalized spacial score (nSPS) is 25.6. The van der Waals surface area contributed by atoms with Gasteiger partial charge in [0.2, 0.25) is 0 Å². The largest absolute Gasteiger partial charge is 0.317 e. The summed E-state index contributed by atoms with van der Waals surface area (Å²) in [5.74, 6) is 1.02. The first-order valence-corrected chi connectivity index (χ1v) is 6.88. The van der Waals surface area contributed by atoms with Gasteiger partial charge in [-0.1, -0.05) is 6.42 Å². The van der Waals surface area contributed by atoms with Gasteiger partial charge < -0.3 is 10.2 Å². The summed E-state index contributed by atoms with van der Waals surface area (Å²) in [7, 11) is 0. The number of hydrogen-bond acceptors (Lipinski definition) is 2. The highest BCUT2D eigenvalue weighted by Crippen LogP contribution is 2.18. The highest BCUT2D eigenvalue weighted by Gasteiger charge is 2.14. The Morgan fingerprint density at radius 2 is 1.73 bits per heavy atom. The molecular formula is C13H26N2. The minimum absolute atomic E-state index is 1.02. The van der Waals surface area contributed by atoms with E-state index < -0.39 is 0 Å². The van der Waals surface area contributed by atoms with E-state index in [-0.39, 0.29) is 0 Å². The van der Waals surface area contributed by atoms with E-state index in [1.807, 2.05) is 0 Å². The summed E-state index contributed by atoms with van der Waals surface area (Å²) in [6, 6.07) is 0. The van der Waals surface area contributed by atoms with E-state index in [1.54, 1.807) is 0 Å². The van der Waals surface area contributed by atoms with E-state index in [2.05, 4.69) is 10.2 Å². The molecule has 0 unspecified atom stereocenters. The zero-order chi connectivity index (χ0) is 10.3. The van der Waals surface area contributed by atoms with Gasteiger partial charge in [-0.2, -0.15) is 0 Å². The maximum Gasteiger partial charge on any atom is -0.00186 e. The van der Waals surface area contributed by atoms with Crippen molar-refractivity contribution < 1.29 is 0 Å². The van der Waals surface area contributed by atoms with E-state index in [1.165, 1.54) is 77.7 Å². The first kappa shape index (κ1) is 11.4. The van der Waals surface area contributed by atoms with Crippen LogP contribution in [0.2, 0.25) is 0 Å². The van der Waals surface area contributed by atoms with Crippen LogP contribution in [0, 0.1) is 5.92 Å². The van der Waals surface area contributed by atoms with Gasteiger partial charge in [-0.3, -0.25) is 0 Å². The summed E-state index contributed by atoms with van der Waals surface area (Å²) in [6.45, 7) is 6.62. The van der Waals surface area contributed by atoms with Crippen LogP contribution in [0.15, 0.2) is 0 Å². The van der Waals surface area contributed by atoms with Gasteiger partial charge >= 0.3 is 0 Å². The van der Waals surface area contributed by atoms with Crippen LogP contribution in [0.1, 0.15) is 44.9 Å². The second-order valence-electron chi connectivity index (χ2n) is 5.24. The minimum atomic E-state index is 1.02. The van der Waals surface area contributed by atoms with Crippen molar-refractivity contribution in [1.29, 1.82) is 0 Å². The fourth-order valence-electron chi connectivity index (χ4n) is 2.96. The molecule has 2 aliphatic rings. The molecule has 2 aliphatic heterocycles. The van der Waals surface area contributed by atoms with Gasteiger partial charge in [0.25, 0.3) is 0 Å². The van der Waals surface area contributed by atoms with Crippen LogP contribution >= 0.6 is 0 Å². The van der Waals surface area contributed by atoms with Crippen molar-refractivity contribution in [1.82, 2.24) is 10.2 Å². The lowest BCUT2D eigenvalue weighted by Crippen LogP contribution is -2.31. The zero-order valence-electron chi connectivity index (χ0n) is 10.0. The van der Waals surface area contributed by atoms with E-state index in [9.17, 15) is 0 Å². The molecule has 0 amide bonds. The number of nitrogens with zero attached hydrogens (tertiary/aromatic N) is 1. The highest BCUT2D eigenvalue weighted by atomic mass is 15.1. The average molecular weight is 210 g/mol. The van der Waals surface area contributed by atoms with Gasteiger partial charge in [0, 0.05) is 0 Å². The molecule has 0 atom stereocenters. The summed E-state index contributed by atoms with van der Waals surface area (Å²) < 4.78 is 0. The molecule has 0 aromatic rings. The van der Waals surface area contributed by atoms with Crippen LogP contribution in [0.5, 0.6) is 0 Å². The maximum atomic E-state index is 3.44. The molecule has 0 aromatic carbocycles. The molecule has 2 fully saturated rings. The van der Waals surface area contributed by atoms with Crippen LogP contribution in [0.25, 0.3) is 0 Å². The van der Waals surface area contributed by atoms with Gasteiger partial charge in [-0.25, -0.2) is 0 Å². The monoisotopic (exact) mass is 210 g/mol. The predicted molar refractivity (Wildman–Crippen MR) is 65.1 cm³/mol. The van der Waals surface area contributed by atoms with Gasteiger partial charge in [-0.05, 0) is 77.2 Å². The molecule has 1 N–H and O–H groups in total. The quantitative estimate of drug-likeness (QED) is 0.765. The van der Waals surface area contributed by atoms with Crippen LogP contribution in [0.3, 0.4) is 0 Å². The molecule has 0 bridgehead atoms. The smallest absolute Gasteiger partial charge is 0.00186 e. The molecule has 0 saturated carbocycles. The fraction of sp³-hybridized carbons (Fsp3) is 1.00. The summed E-state index contributed by atoms with van der Waals surface area (Å²) >= 11 is 0. The lowest BCUT2D eigenvalue weighted by molar-refractivity contribution is 0.215. The van der Waals surface area contributed by atoms with Gasteiger partial charge in [-0.15, -0.1) is 0 Å². The number of hydrogen-bond donors (Lipinski definition) is 1. The molecular weight excluding hydrogens is 184 g/mol. The van der Waals surface area contributed by atoms with E-state index in [0.29, 0.717) is 0 Å². The van der Waals surface area contributed by atoms with Crippen molar-refractivity contribution in [2.45, 2.75) is 44.9 Å². The molecule has 15 heavy (non-hydrogen) atoms. The maximum absolute atomic E-state index is 3.44. The molecule has 88 valence electrons. The van der Waals surface area contributed by atoms with E-state index in [4.69, 9.17) is 0 Å². The topological polar surface area (TPSA) is 15.3 Å². The molecule has 0 radical (unpaired) electrons. The third-order valence-corrected chi connectivity index (χ3v) is 3.99. The molecule has 0 spiro atoms. The standard InChI is InChI=1S/C13H26N2/c1-2-10-15(11-3-1)12-4-5-13-6-8-14-9-7-13/h13-14H,1-12H2. The Morgan fingerprint density at radius 1 is 1.00 bits per heavy atom. The average Bonchev–Trinajstić information content (AvgIpc) is 2.32. The van der Waals surface area contributed by atoms with Crippen molar-refractivity contribution >= 4 is 0 Å². The van der Waals surface area contributed by atoms with Crippen LogP contribution in [0.4, 0.5) is 0 Å². The second kappa shape index (κ2) is 6.49. The molecule has 2 rings (SSSR count). The summed E-state index contributed by atoms with van der Waals surface area (Å²) in [5, 5.41) is 3.44. The highest BCUT2D eigenvalue weighted by molar-refractivity contribution is 4.70. The lowest BCUT2D eigenvalue weighted by Gasteiger charge is -2.28. The van der Waals surface area contributed by atoms with Crippen molar-refractivity contribution in [2.75, 3.05) is 32.7 Å². The van der Waals surface area contributed by atoms with Crippen molar-refractivity contribution in [3.8, 4) is 0 Å². The third kappa shape index (κ3) is 4.12. The Bertz CT molecular complexity index is 140. The minimum Gasteiger partial charge on any atom is -0.317 e. The van der Waals surface area contributed by atoms with Crippen molar-refractivity contribution in [2.24, 2.45) is 5.92 Å². The number of nitrogens with one attached hydrogen (secondary N) is 1. The molecule has 2 heterocycles. The lowest BCUT2D eigenvalue weighted by atomic mass is 9.93. The van der Waals surface area contributed by atoms with Gasteiger partial charge in [0.1, 0.15) is 0 Å². The SMILES string of the molecule is C1CCN(CCCC2CCNCC2)CC1. The van der Waals surface area contributed by atoms with Crippen LogP contribution in [-0.2, 0) is 0 Å². The number of piperidine rings is 2. The summed E-state index contributed by atoms with van der Waals surface area (Å²) in [4.78, 5) is 2.67. The summed E-state index contributed by atoms with van der Waals surface area (Å²) in [6.07, 6.45) is 10.1. The Hall–Kier alpha value is -0.0800. The number of rotatable bonds is 4. The Balaban J connectivity index is 1.53. The zero-order valence-corrected chi connectivity index (χ0v) is 10.0.